The predicted octanol–water partition coefficient (Wildman–Crippen LogP) is 6.20. The third-order valence-corrected chi connectivity index (χ3v) is 7.33. The summed E-state index contributed by atoms with van der Waals surface area (Å²) in [6.07, 6.45) is 8.49. The summed E-state index contributed by atoms with van der Waals surface area (Å²) in [7, 11) is 1.72. The van der Waals surface area contributed by atoms with Crippen LogP contribution in [0, 0.1) is 5.92 Å². The first-order chi connectivity index (χ1) is 15.6. The zero-order valence-corrected chi connectivity index (χ0v) is 19.2. The van der Waals surface area contributed by atoms with E-state index in [1.807, 2.05) is 30.6 Å². The van der Waals surface area contributed by atoms with Crippen LogP contribution in [0.15, 0.2) is 67.1 Å². The second-order valence-corrected chi connectivity index (χ2v) is 9.27. The molecule has 0 radical (unpaired) electrons. The van der Waals surface area contributed by atoms with Crippen molar-refractivity contribution in [3.63, 3.8) is 0 Å². The molecule has 1 aliphatic rings. The molecule has 5 heteroatoms. The molecule has 2 aromatic carbocycles. The highest BCUT2D eigenvalue weighted by atomic mass is 35.5. The number of pyridine rings is 1. The Kier molecular flexibility index (Phi) is 5.66. The zero-order chi connectivity index (χ0) is 22.1. The molecule has 0 amide bonds. The number of benzene rings is 2. The average Bonchev–Trinajstić information content (AvgIpc) is 3.28. The lowest BCUT2D eigenvalue weighted by Crippen LogP contribution is -2.43. The standard InChI is InChI=1S/C27H28ClN3O/c1-27(20-4-3-11-29-15-20,25-17-31-26-10-9-23(32-2)13-24(25)26)21-12-19(14-30-16-21)18-5-7-22(28)8-6-18/h5-10,12-14,16-17,20,29,31H,3-4,11,15H2,1-2H3. The van der Waals surface area contributed by atoms with Gasteiger partial charge in [-0.05, 0) is 84.9 Å². The Balaban J connectivity index is 1.68. The van der Waals surface area contributed by atoms with Crippen LogP contribution < -0.4 is 10.1 Å². The maximum atomic E-state index is 6.12. The maximum absolute atomic E-state index is 6.12. The van der Waals surface area contributed by atoms with Gasteiger partial charge in [0.15, 0.2) is 0 Å². The number of nitrogens with one attached hydrogen (secondary N) is 2. The van der Waals surface area contributed by atoms with E-state index in [9.17, 15) is 0 Å². The van der Waals surface area contributed by atoms with Crippen LogP contribution in [0.25, 0.3) is 22.0 Å². The number of methoxy groups -OCH3 is 1. The molecule has 4 nitrogen and oxygen atoms in total. The quantitative estimate of drug-likeness (QED) is 0.384. The van der Waals surface area contributed by atoms with E-state index in [1.54, 1.807) is 7.11 Å². The van der Waals surface area contributed by atoms with E-state index < -0.39 is 0 Å². The summed E-state index contributed by atoms with van der Waals surface area (Å²) in [4.78, 5) is 8.18. The summed E-state index contributed by atoms with van der Waals surface area (Å²) >= 11 is 6.12. The van der Waals surface area contributed by atoms with Crippen molar-refractivity contribution in [2.75, 3.05) is 20.2 Å². The van der Waals surface area contributed by atoms with Crippen LogP contribution in [-0.4, -0.2) is 30.2 Å². The van der Waals surface area contributed by atoms with E-state index in [2.05, 4.69) is 58.7 Å². The van der Waals surface area contributed by atoms with Gasteiger partial charge in [-0.15, -0.1) is 0 Å². The van der Waals surface area contributed by atoms with E-state index in [-0.39, 0.29) is 5.41 Å². The molecule has 1 saturated heterocycles. The number of piperidine rings is 1. The normalized spacial score (nSPS) is 18.4. The number of fused-ring (bicyclic) bond motifs is 1. The van der Waals surface area contributed by atoms with Crippen LogP contribution in [0.2, 0.25) is 5.02 Å². The van der Waals surface area contributed by atoms with Crippen molar-refractivity contribution in [2.24, 2.45) is 5.92 Å². The Labute approximate surface area is 194 Å². The number of halogens is 1. The highest BCUT2D eigenvalue weighted by molar-refractivity contribution is 6.30. The molecule has 2 atom stereocenters. The Morgan fingerprint density at radius 3 is 2.66 bits per heavy atom. The highest BCUT2D eigenvalue weighted by Crippen LogP contribution is 2.45. The number of nitrogens with zero attached hydrogens (tertiary/aromatic N) is 1. The molecule has 1 aliphatic heterocycles. The Morgan fingerprint density at radius 2 is 1.91 bits per heavy atom. The lowest BCUT2D eigenvalue weighted by Gasteiger charge is -2.41. The van der Waals surface area contributed by atoms with Crippen molar-refractivity contribution in [1.29, 1.82) is 0 Å². The van der Waals surface area contributed by atoms with Crippen LogP contribution in [0.1, 0.15) is 30.9 Å². The molecule has 32 heavy (non-hydrogen) atoms. The van der Waals surface area contributed by atoms with Crippen LogP contribution in [-0.2, 0) is 5.41 Å². The Morgan fingerprint density at radius 1 is 1.06 bits per heavy atom. The van der Waals surface area contributed by atoms with Crippen molar-refractivity contribution in [3.8, 4) is 16.9 Å². The molecule has 0 aliphatic carbocycles. The minimum atomic E-state index is -0.215. The number of hydrogen-bond donors (Lipinski definition) is 2. The largest absolute Gasteiger partial charge is 0.497 e. The fourth-order valence-corrected chi connectivity index (χ4v) is 5.26. The minimum absolute atomic E-state index is 0.215. The van der Waals surface area contributed by atoms with E-state index >= 15 is 0 Å². The highest BCUT2D eigenvalue weighted by Gasteiger charge is 2.40. The number of ether oxygens (including phenoxy) is 1. The lowest BCUT2D eigenvalue weighted by molar-refractivity contribution is 0.271. The van der Waals surface area contributed by atoms with Gasteiger partial charge in [0.05, 0.1) is 7.11 Å². The molecule has 164 valence electrons. The fraction of sp³-hybridized carbons (Fsp3) is 0.296. The Bertz CT molecular complexity index is 1230. The minimum Gasteiger partial charge on any atom is -0.497 e. The van der Waals surface area contributed by atoms with Crippen molar-refractivity contribution in [2.45, 2.75) is 25.2 Å². The molecule has 5 rings (SSSR count). The molecule has 1 fully saturated rings. The molecule has 2 unspecified atom stereocenters. The molecule has 2 aromatic heterocycles. The van der Waals surface area contributed by atoms with Crippen LogP contribution in [0.3, 0.4) is 0 Å². The van der Waals surface area contributed by atoms with E-state index in [4.69, 9.17) is 16.3 Å². The van der Waals surface area contributed by atoms with Gasteiger partial charge >= 0.3 is 0 Å². The van der Waals surface area contributed by atoms with Crippen molar-refractivity contribution in [3.05, 3.63) is 83.3 Å². The van der Waals surface area contributed by atoms with Crippen molar-refractivity contribution in [1.82, 2.24) is 15.3 Å². The first-order valence-corrected chi connectivity index (χ1v) is 11.5. The first kappa shape index (κ1) is 21.0. The number of H-pyrrole nitrogens is 1. The summed E-state index contributed by atoms with van der Waals surface area (Å²) in [5.41, 5.74) is 5.64. The molecule has 3 heterocycles. The third kappa shape index (κ3) is 3.68. The van der Waals surface area contributed by atoms with Crippen LogP contribution in [0.4, 0.5) is 0 Å². The average molecular weight is 446 g/mol. The number of aromatic amines is 1. The van der Waals surface area contributed by atoms with Gasteiger partial charge in [-0.2, -0.15) is 0 Å². The van der Waals surface area contributed by atoms with Crippen LogP contribution in [0.5, 0.6) is 5.75 Å². The summed E-state index contributed by atoms with van der Waals surface area (Å²) < 4.78 is 5.55. The molecule has 0 bridgehead atoms. The van der Waals surface area contributed by atoms with Gasteiger partial charge in [-0.1, -0.05) is 30.7 Å². The molecule has 4 aromatic rings. The van der Waals surface area contributed by atoms with Crippen molar-refractivity contribution >= 4 is 22.5 Å². The number of hydrogen-bond acceptors (Lipinski definition) is 3. The maximum Gasteiger partial charge on any atom is 0.119 e. The van der Waals surface area contributed by atoms with Gasteiger partial charge in [0.25, 0.3) is 0 Å². The van der Waals surface area contributed by atoms with E-state index in [0.29, 0.717) is 5.92 Å². The van der Waals surface area contributed by atoms with Gasteiger partial charge < -0.3 is 15.0 Å². The second kappa shape index (κ2) is 8.61. The molecule has 0 saturated carbocycles. The monoisotopic (exact) mass is 445 g/mol. The summed E-state index contributed by atoms with van der Waals surface area (Å²) in [6.45, 7) is 4.44. The molecular weight excluding hydrogens is 418 g/mol. The fourth-order valence-electron chi connectivity index (χ4n) is 5.14. The van der Waals surface area contributed by atoms with E-state index in [1.165, 1.54) is 29.4 Å². The Hall–Kier alpha value is -2.82. The molecular formula is C27H28ClN3O. The topological polar surface area (TPSA) is 49.9 Å². The molecule has 0 spiro atoms. The number of aromatic nitrogens is 2. The van der Waals surface area contributed by atoms with Crippen LogP contribution >= 0.6 is 11.6 Å². The number of rotatable bonds is 5. The van der Waals surface area contributed by atoms with Gasteiger partial charge in [0.2, 0.25) is 0 Å². The van der Waals surface area contributed by atoms with Gasteiger partial charge in [0.1, 0.15) is 5.75 Å². The summed E-state index contributed by atoms with van der Waals surface area (Å²) in [6, 6.07) is 16.5. The predicted molar refractivity (Wildman–Crippen MR) is 132 cm³/mol. The van der Waals surface area contributed by atoms with Gasteiger partial charge in [0, 0.05) is 45.5 Å². The first-order valence-electron chi connectivity index (χ1n) is 11.2. The molecule has 2 N–H and O–H groups in total. The lowest BCUT2D eigenvalue weighted by atomic mass is 9.65. The van der Waals surface area contributed by atoms with E-state index in [0.717, 1.165) is 40.5 Å². The summed E-state index contributed by atoms with van der Waals surface area (Å²) in [5.74, 6) is 1.32. The smallest absolute Gasteiger partial charge is 0.119 e. The SMILES string of the molecule is COc1ccc2[nH]cc(C(C)(c3cncc(-c4ccc(Cl)cc4)c3)C3CCCNC3)c2c1. The van der Waals surface area contributed by atoms with Gasteiger partial charge in [-0.25, -0.2) is 0 Å². The second-order valence-electron chi connectivity index (χ2n) is 8.83. The third-order valence-electron chi connectivity index (χ3n) is 7.08. The van der Waals surface area contributed by atoms with Crippen molar-refractivity contribution < 1.29 is 4.74 Å². The van der Waals surface area contributed by atoms with Gasteiger partial charge in [-0.3, -0.25) is 4.98 Å². The zero-order valence-electron chi connectivity index (χ0n) is 18.5. The summed E-state index contributed by atoms with van der Waals surface area (Å²) in [5, 5.41) is 5.57.